The number of amides is 1. The van der Waals surface area contributed by atoms with E-state index in [2.05, 4.69) is 4.98 Å². The van der Waals surface area contributed by atoms with E-state index in [1.807, 2.05) is 6.92 Å². The highest BCUT2D eigenvalue weighted by atomic mass is 32.2. The van der Waals surface area contributed by atoms with Crippen molar-refractivity contribution < 1.29 is 42.1 Å². The van der Waals surface area contributed by atoms with Crippen molar-refractivity contribution in [3.63, 3.8) is 0 Å². The monoisotopic (exact) mass is 581 g/mol. The van der Waals surface area contributed by atoms with Crippen LogP contribution in [0, 0.1) is 11.8 Å². The molecule has 212 valence electrons. The van der Waals surface area contributed by atoms with E-state index in [0.717, 1.165) is 49.7 Å². The molecule has 0 bridgehead atoms. The number of imidazole rings is 1. The van der Waals surface area contributed by atoms with Gasteiger partial charge in [-0.05, 0) is 32.6 Å². The van der Waals surface area contributed by atoms with Crippen molar-refractivity contribution in [1.29, 1.82) is 0 Å². The van der Waals surface area contributed by atoms with Crippen LogP contribution in [-0.4, -0.2) is 76.6 Å². The molecule has 5 rings (SSSR count). The van der Waals surface area contributed by atoms with E-state index in [0.29, 0.717) is 16.1 Å². The van der Waals surface area contributed by atoms with Gasteiger partial charge in [-0.25, -0.2) is 23.0 Å². The molecular formula is C25H31N3O9S2. The molecule has 14 heteroatoms. The Balaban J connectivity index is 1.45. The predicted molar refractivity (Wildman–Crippen MR) is 138 cm³/mol. The van der Waals surface area contributed by atoms with Gasteiger partial charge in [0.25, 0.3) is 0 Å². The topological polar surface area (TPSA) is 154 Å². The first kappa shape index (κ1) is 27.6. The number of sulfone groups is 1. The molecule has 39 heavy (non-hydrogen) atoms. The lowest BCUT2D eigenvalue weighted by Crippen LogP contribution is -2.63. The number of thiazole rings is 1. The van der Waals surface area contributed by atoms with Gasteiger partial charge in [-0.15, -0.1) is 11.3 Å². The molecule has 1 aliphatic carbocycles. The average molecular weight is 582 g/mol. The quantitative estimate of drug-likeness (QED) is 0.293. The average Bonchev–Trinajstić information content (AvgIpc) is 3.50. The zero-order valence-electron chi connectivity index (χ0n) is 22.0. The Morgan fingerprint density at radius 3 is 2.51 bits per heavy atom. The number of carbonyl (C=O) groups is 3. The van der Waals surface area contributed by atoms with Gasteiger partial charge < -0.3 is 24.2 Å². The number of hydrogen-bond donors (Lipinski definition) is 1. The molecule has 3 aliphatic rings. The predicted octanol–water partition coefficient (Wildman–Crippen LogP) is 2.74. The van der Waals surface area contributed by atoms with E-state index in [4.69, 9.17) is 14.2 Å². The molecule has 2 aromatic heterocycles. The summed E-state index contributed by atoms with van der Waals surface area (Å²) in [6.45, 7) is 4.73. The van der Waals surface area contributed by atoms with Gasteiger partial charge in [0.1, 0.15) is 23.0 Å². The molecule has 5 atom stereocenters. The van der Waals surface area contributed by atoms with E-state index < -0.39 is 58.1 Å². The molecule has 1 saturated heterocycles. The lowest BCUT2D eigenvalue weighted by Gasteiger charge is -2.46. The number of carbonyl (C=O) groups excluding carboxylic acids is 3. The van der Waals surface area contributed by atoms with Crippen LogP contribution in [0.4, 0.5) is 4.79 Å². The van der Waals surface area contributed by atoms with Gasteiger partial charge in [-0.2, -0.15) is 0 Å². The Hall–Kier alpha value is -2.97. The van der Waals surface area contributed by atoms with Gasteiger partial charge in [0.15, 0.2) is 14.9 Å². The highest BCUT2D eigenvalue weighted by molar-refractivity contribution is 7.91. The van der Waals surface area contributed by atoms with E-state index in [1.54, 1.807) is 9.78 Å². The molecule has 4 heterocycles. The van der Waals surface area contributed by atoms with Crippen molar-refractivity contribution in [2.75, 3.05) is 6.26 Å². The number of aromatic nitrogens is 2. The van der Waals surface area contributed by atoms with Crippen molar-refractivity contribution in [1.82, 2.24) is 14.3 Å². The van der Waals surface area contributed by atoms with Crippen LogP contribution in [0.5, 0.6) is 0 Å². The zero-order valence-corrected chi connectivity index (χ0v) is 23.7. The summed E-state index contributed by atoms with van der Waals surface area (Å²) in [7, 11) is -3.60. The summed E-state index contributed by atoms with van der Waals surface area (Å²) in [6.07, 6.45) is 3.55. The lowest BCUT2D eigenvalue weighted by atomic mass is 9.77. The number of nitrogens with zero attached hydrogens (tertiary/aromatic N) is 3. The molecule has 1 unspecified atom stereocenters. The summed E-state index contributed by atoms with van der Waals surface area (Å²) in [5.41, 5.74) is 0.885. The molecule has 1 N–H and O–H groups in total. The molecule has 2 fully saturated rings. The molecule has 0 aromatic carbocycles. The number of esters is 1. The minimum absolute atomic E-state index is 0.0418. The lowest BCUT2D eigenvalue weighted by molar-refractivity contribution is -0.174. The third kappa shape index (κ3) is 4.82. The van der Waals surface area contributed by atoms with Gasteiger partial charge in [-0.1, -0.05) is 13.3 Å². The normalized spacial score (nSPS) is 25.3. The SMILES string of the molecule is CC(OC(=O)OC1CCCCC1)OC(=O)C1=C(c2csc3c(S(C)(=O)=O)ncn23)[C@H](C)[C@@H]2[C@@H]([C@@H](C)O)C(=O)N12. The van der Waals surface area contributed by atoms with Crippen LogP contribution < -0.4 is 0 Å². The fourth-order valence-electron chi connectivity index (χ4n) is 5.83. The van der Waals surface area contributed by atoms with Crippen LogP contribution in [0.2, 0.25) is 0 Å². The number of aliphatic hydroxyl groups is 1. The molecule has 1 saturated carbocycles. The van der Waals surface area contributed by atoms with Crippen LogP contribution in [-0.2, 0) is 33.6 Å². The Kier molecular flexibility index (Phi) is 7.22. The summed E-state index contributed by atoms with van der Waals surface area (Å²) in [5.74, 6) is -2.44. The van der Waals surface area contributed by atoms with Crippen LogP contribution >= 0.6 is 11.3 Å². The van der Waals surface area contributed by atoms with Gasteiger partial charge in [0, 0.05) is 30.1 Å². The maximum atomic E-state index is 13.5. The van der Waals surface area contributed by atoms with E-state index in [-0.39, 0.29) is 16.8 Å². The minimum atomic E-state index is -3.60. The summed E-state index contributed by atoms with van der Waals surface area (Å²) in [4.78, 5) is 44.6. The molecule has 1 amide bonds. The molecular weight excluding hydrogens is 550 g/mol. The van der Waals surface area contributed by atoms with Gasteiger partial charge in [0.2, 0.25) is 12.2 Å². The fraction of sp³-hybridized carbons (Fsp3) is 0.600. The van der Waals surface area contributed by atoms with E-state index in [9.17, 15) is 27.9 Å². The highest BCUT2D eigenvalue weighted by Gasteiger charge is 2.60. The van der Waals surface area contributed by atoms with Crippen molar-refractivity contribution in [2.24, 2.45) is 11.8 Å². The van der Waals surface area contributed by atoms with Crippen molar-refractivity contribution >= 4 is 49.6 Å². The molecule has 0 spiro atoms. The first-order valence-corrected chi connectivity index (χ1v) is 15.7. The maximum absolute atomic E-state index is 13.5. The van der Waals surface area contributed by atoms with Crippen molar-refractivity contribution in [3.8, 4) is 0 Å². The van der Waals surface area contributed by atoms with Crippen LogP contribution in [0.1, 0.15) is 58.6 Å². The van der Waals surface area contributed by atoms with Gasteiger partial charge in [0.05, 0.1) is 23.8 Å². The number of aliphatic hydroxyl groups excluding tert-OH is 1. The Labute approximate surface area is 229 Å². The number of ether oxygens (including phenoxy) is 3. The largest absolute Gasteiger partial charge is 0.511 e. The summed E-state index contributed by atoms with van der Waals surface area (Å²) in [5, 5.41) is 11.9. The minimum Gasteiger partial charge on any atom is -0.431 e. The second-order valence-electron chi connectivity index (χ2n) is 10.4. The third-order valence-corrected chi connectivity index (χ3v) is 9.66. The van der Waals surface area contributed by atoms with Crippen LogP contribution in [0.15, 0.2) is 22.4 Å². The first-order chi connectivity index (χ1) is 18.4. The Bertz CT molecular complexity index is 1450. The summed E-state index contributed by atoms with van der Waals surface area (Å²) < 4.78 is 41.9. The van der Waals surface area contributed by atoms with E-state index in [1.165, 1.54) is 25.1 Å². The number of fused-ring (bicyclic) bond motifs is 2. The zero-order chi connectivity index (χ0) is 28.2. The summed E-state index contributed by atoms with van der Waals surface area (Å²) in [6, 6.07) is -0.504. The van der Waals surface area contributed by atoms with Crippen LogP contribution in [0.25, 0.3) is 10.4 Å². The van der Waals surface area contributed by atoms with Gasteiger partial charge in [-0.3, -0.25) is 9.20 Å². The van der Waals surface area contributed by atoms with Crippen molar-refractivity contribution in [3.05, 3.63) is 23.1 Å². The molecule has 2 aromatic rings. The van der Waals surface area contributed by atoms with E-state index >= 15 is 0 Å². The summed E-state index contributed by atoms with van der Waals surface area (Å²) >= 11 is 1.14. The number of β-lactam (4-membered cyclic amide) rings is 1. The first-order valence-electron chi connectivity index (χ1n) is 12.9. The Morgan fingerprint density at radius 1 is 1.18 bits per heavy atom. The second-order valence-corrected chi connectivity index (χ2v) is 13.1. The third-order valence-electron chi connectivity index (χ3n) is 7.58. The molecule has 2 aliphatic heterocycles. The molecule has 0 radical (unpaired) electrons. The smallest absolute Gasteiger partial charge is 0.431 e. The van der Waals surface area contributed by atoms with Gasteiger partial charge >= 0.3 is 12.1 Å². The second kappa shape index (κ2) is 10.2. The fourth-order valence-corrected chi connectivity index (χ4v) is 7.95. The highest BCUT2D eigenvalue weighted by Crippen LogP contribution is 2.51. The number of hydrogen-bond acceptors (Lipinski definition) is 11. The van der Waals surface area contributed by atoms with Crippen LogP contribution in [0.3, 0.4) is 0 Å². The van der Waals surface area contributed by atoms with Crippen molar-refractivity contribution in [2.45, 2.75) is 82.4 Å². The maximum Gasteiger partial charge on any atom is 0.511 e. The Morgan fingerprint density at radius 2 is 1.87 bits per heavy atom. The molecule has 12 nitrogen and oxygen atoms in total. The standard InChI is InChI=1S/C25H31N3O9S2/c1-12-17(16-10-38-23-21(39(4,33)34)26-11-27(16)23)20(28-19(12)18(13(2)29)22(28)30)24(31)35-14(3)36-25(32)37-15-8-6-5-7-9-15/h10-15,18-19,29H,5-9H2,1-4H3/t12-,13+,14?,18+,19+/m0/s1. The number of rotatable bonds is 7.